The molecule has 1 saturated heterocycles. The number of Topliss-reactive ketones (excluding diaryl/α,β-unsaturated/α-hetero) is 1. The second kappa shape index (κ2) is 4.77. The van der Waals surface area contributed by atoms with Gasteiger partial charge in [-0.3, -0.25) is 4.79 Å². The fourth-order valence-electron chi connectivity index (χ4n) is 1.23. The lowest BCUT2D eigenvalue weighted by molar-refractivity contribution is -0.120. The Morgan fingerprint density at radius 2 is 2.23 bits per heavy atom. The summed E-state index contributed by atoms with van der Waals surface area (Å²) in [6.45, 7) is 5.45. The second-order valence-corrected chi connectivity index (χ2v) is 3.04. The number of rotatable bonds is 3. The normalized spacial score (nSPS) is 29.2. The third-order valence-electron chi connectivity index (χ3n) is 1.83. The maximum absolute atomic E-state index is 11.2. The molecular formula is C11H14O2. The number of carbonyl (C=O) groups excluding carboxylic acids is 1. The van der Waals surface area contributed by atoms with Crippen LogP contribution in [0.1, 0.15) is 13.3 Å². The number of hydrogen-bond donors (Lipinski definition) is 0. The van der Waals surface area contributed by atoms with Gasteiger partial charge in [0.05, 0.1) is 6.10 Å². The van der Waals surface area contributed by atoms with Gasteiger partial charge in [-0.25, -0.2) is 0 Å². The molecule has 0 aliphatic carbocycles. The largest absolute Gasteiger partial charge is 0.363 e. The van der Waals surface area contributed by atoms with E-state index in [9.17, 15) is 4.79 Å². The highest BCUT2D eigenvalue weighted by Crippen LogP contribution is 2.16. The number of ether oxygens (including phenoxy) is 1. The molecule has 0 unspecified atom stereocenters. The van der Waals surface area contributed by atoms with Crippen molar-refractivity contribution < 1.29 is 9.53 Å². The van der Waals surface area contributed by atoms with Crippen molar-refractivity contribution in [3.05, 3.63) is 37.0 Å². The molecule has 0 saturated carbocycles. The minimum Gasteiger partial charge on any atom is -0.363 e. The molecule has 0 aromatic heterocycles. The van der Waals surface area contributed by atoms with Crippen LogP contribution in [-0.4, -0.2) is 18.0 Å². The van der Waals surface area contributed by atoms with Crippen molar-refractivity contribution in [2.45, 2.75) is 25.6 Å². The first kappa shape index (κ1) is 9.93. The van der Waals surface area contributed by atoms with Gasteiger partial charge >= 0.3 is 0 Å². The zero-order valence-electron chi connectivity index (χ0n) is 7.77. The summed E-state index contributed by atoms with van der Waals surface area (Å²) in [7, 11) is 0. The van der Waals surface area contributed by atoms with Gasteiger partial charge in [0.15, 0.2) is 5.78 Å². The molecule has 2 nitrogen and oxygen atoms in total. The van der Waals surface area contributed by atoms with Crippen LogP contribution in [0.4, 0.5) is 0 Å². The van der Waals surface area contributed by atoms with Crippen LogP contribution in [0, 0.1) is 0 Å². The summed E-state index contributed by atoms with van der Waals surface area (Å²) in [6.07, 6.45) is 9.14. The molecule has 1 fully saturated rings. The zero-order chi connectivity index (χ0) is 9.68. The number of ketones is 1. The van der Waals surface area contributed by atoms with E-state index in [4.69, 9.17) is 4.74 Å². The predicted octanol–water partition coefficient (Wildman–Crippen LogP) is 2.03. The van der Waals surface area contributed by atoms with Crippen molar-refractivity contribution in [3.63, 3.8) is 0 Å². The van der Waals surface area contributed by atoms with Gasteiger partial charge in [0.1, 0.15) is 6.10 Å². The lowest BCUT2D eigenvalue weighted by Crippen LogP contribution is -2.11. The minimum atomic E-state index is -0.343. The van der Waals surface area contributed by atoms with E-state index in [0.29, 0.717) is 6.42 Å². The molecule has 1 aliphatic rings. The first-order valence-electron chi connectivity index (χ1n) is 4.38. The van der Waals surface area contributed by atoms with E-state index in [1.54, 1.807) is 18.2 Å². The van der Waals surface area contributed by atoms with Crippen molar-refractivity contribution in [3.8, 4) is 0 Å². The molecule has 0 aromatic rings. The van der Waals surface area contributed by atoms with E-state index >= 15 is 0 Å². The van der Waals surface area contributed by atoms with Gasteiger partial charge in [0, 0.05) is 6.42 Å². The Hall–Kier alpha value is -1.15. The third-order valence-corrected chi connectivity index (χ3v) is 1.83. The van der Waals surface area contributed by atoms with E-state index in [-0.39, 0.29) is 18.0 Å². The molecule has 2 heteroatoms. The van der Waals surface area contributed by atoms with Crippen molar-refractivity contribution in [2.75, 3.05) is 0 Å². The minimum absolute atomic E-state index is 0.0607. The summed E-state index contributed by atoms with van der Waals surface area (Å²) in [5, 5.41) is 0. The van der Waals surface area contributed by atoms with E-state index in [1.165, 1.54) is 0 Å². The second-order valence-electron chi connectivity index (χ2n) is 3.04. The van der Waals surface area contributed by atoms with Gasteiger partial charge in [-0.15, -0.1) is 0 Å². The van der Waals surface area contributed by atoms with Crippen LogP contribution < -0.4 is 0 Å². The molecule has 1 heterocycles. The Balaban J connectivity index is 2.45. The Morgan fingerprint density at radius 1 is 1.46 bits per heavy atom. The average Bonchev–Trinajstić information content (AvgIpc) is 2.39. The molecule has 0 aromatic carbocycles. The van der Waals surface area contributed by atoms with E-state index in [2.05, 4.69) is 6.58 Å². The monoisotopic (exact) mass is 178 g/mol. The Labute approximate surface area is 78.6 Å². The summed E-state index contributed by atoms with van der Waals surface area (Å²) in [6, 6.07) is 0. The van der Waals surface area contributed by atoms with Crippen molar-refractivity contribution in [2.24, 2.45) is 0 Å². The fourth-order valence-corrected chi connectivity index (χ4v) is 1.23. The molecule has 0 bridgehead atoms. The molecule has 0 radical (unpaired) electrons. The van der Waals surface area contributed by atoms with Crippen molar-refractivity contribution in [1.82, 2.24) is 0 Å². The van der Waals surface area contributed by atoms with Gasteiger partial charge in [0.25, 0.3) is 0 Å². The highest BCUT2D eigenvalue weighted by Gasteiger charge is 2.27. The van der Waals surface area contributed by atoms with Gasteiger partial charge in [0.2, 0.25) is 0 Å². The smallest absolute Gasteiger partial charge is 0.168 e. The zero-order valence-corrected chi connectivity index (χ0v) is 7.77. The van der Waals surface area contributed by atoms with Crippen LogP contribution in [0.15, 0.2) is 37.0 Å². The SMILES string of the molecule is C=C/C=C/C=C/[C@@H]1O[C@H](C)CC1=O. The van der Waals surface area contributed by atoms with Crippen LogP contribution in [-0.2, 0) is 9.53 Å². The molecule has 13 heavy (non-hydrogen) atoms. The van der Waals surface area contributed by atoms with Crippen LogP contribution in [0.5, 0.6) is 0 Å². The number of allylic oxidation sites excluding steroid dienone is 4. The van der Waals surface area contributed by atoms with Gasteiger partial charge in [-0.05, 0) is 13.0 Å². The molecule has 0 spiro atoms. The standard InChI is InChI=1S/C11H14O2/c1-3-4-5-6-7-11-10(12)8-9(2)13-11/h3-7,9,11H,1,8H2,2H3/b5-4+,7-6+/t9-,11+/m1/s1. The summed E-state index contributed by atoms with van der Waals surface area (Å²) < 4.78 is 5.36. The van der Waals surface area contributed by atoms with Gasteiger partial charge < -0.3 is 4.74 Å². The molecule has 70 valence electrons. The highest BCUT2D eigenvalue weighted by molar-refractivity contribution is 5.87. The topological polar surface area (TPSA) is 26.3 Å². The van der Waals surface area contributed by atoms with Crippen molar-refractivity contribution >= 4 is 5.78 Å². The predicted molar refractivity (Wildman–Crippen MR) is 52.4 cm³/mol. The summed E-state index contributed by atoms with van der Waals surface area (Å²) in [4.78, 5) is 11.2. The summed E-state index contributed by atoms with van der Waals surface area (Å²) in [5.41, 5.74) is 0. The van der Waals surface area contributed by atoms with Crippen molar-refractivity contribution in [1.29, 1.82) is 0 Å². The first-order chi connectivity index (χ1) is 6.24. The average molecular weight is 178 g/mol. The summed E-state index contributed by atoms with van der Waals surface area (Å²) >= 11 is 0. The molecule has 1 aliphatic heterocycles. The van der Waals surface area contributed by atoms with Crippen LogP contribution in [0.3, 0.4) is 0 Å². The van der Waals surface area contributed by atoms with E-state index in [0.717, 1.165) is 0 Å². The maximum Gasteiger partial charge on any atom is 0.168 e. The molecular weight excluding hydrogens is 164 g/mol. The molecule has 2 atom stereocenters. The van der Waals surface area contributed by atoms with Gasteiger partial charge in [-0.2, -0.15) is 0 Å². The lowest BCUT2D eigenvalue weighted by atomic mass is 10.2. The summed E-state index contributed by atoms with van der Waals surface area (Å²) in [5.74, 6) is 0.163. The first-order valence-corrected chi connectivity index (χ1v) is 4.38. The number of hydrogen-bond acceptors (Lipinski definition) is 2. The molecule has 1 rings (SSSR count). The maximum atomic E-state index is 11.2. The Bertz CT molecular complexity index is 251. The molecule has 0 amide bonds. The fraction of sp³-hybridized carbons (Fsp3) is 0.364. The van der Waals surface area contributed by atoms with E-state index < -0.39 is 0 Å². The van der Waals surface area contributed by atoms with Gasteiger partial charge in [-0.1, -0.05) is 30.9 Å². The van der Waals surface area contributed by atoms with E-state index in [1.807, 2.05) is 19.1 Å². The quantitative estimate of drug-likeness (QED) is 0.618. The van der Waals surface area contributed by atoms with Crippen LogP contribution in [0.2, 0.25) is 0 Å². The number of carbonyl (C=O) groups is 1. The Morgan fingerprint density at radius 3 is 2.77 bits per heavy atom. The molecule has 0 N–H and O–H groups in total. The van der Waals surface area contributed by atoms with Crippen LogP contribution >= 0.6 is 0 Å². The highest BCUT2D eigenvalue weighted by atomic mass is 16.5. The van der Waals surface area contributed by atoms with Crippen LogP contribution in [0.25, 0.3) is 0 Å². The lowest BCUT2D eigenvalue weighted by Gasteiger charge is -2.02. The third kappa shape index (κ3) is 2.99. The Kier molecular flexibility index (Phi) is 3.65.